The molecule has 0 aromatic heterocycles. The van der Waals surface area contributed by atoms with E-state index in [0.717, 1.165) is 38.0 Å². The average molecular weight is 401 g/mol. The normalized spacial score (nSPS) is 22.8. The Hall–Kier alpha value is -2.92. The number of halogens is 1. The van der Waals surface area contributed by atoms with Crippen molar-refractivity contribution < 1.29 is 9.18 Å². The topological polar surface area (TPSA) is 35.6 Å². The minimum atomic E-state index is -0.536. The molecule has 1 amide bonds. The first-order chi connectivity index (χ1) is 14.7. The zero-order valence-electron chi connectivity index (χ0n) is 16.8. The Morgan fingerprint density at radius 3 is 2.47 bits per heavy atom. The molecule has 3 aliphatic rings. The lowest BCUT2D eigenvalue weighted by Crippen LogP contribution is -2.56. The number of benzene rings is 3. The van der Waals surface area contributed by atoms with E-state index in [1.165, 1.54) is 34.0 Å². The van der Waals surface area contributed by atoms with Crippen molar-refractivity contribution in [3.63, 3.8) is 0 Å². The van der Waals surface area contributed by atoms with Crippen molar-refractivity contribution in [2.75, 3.05) is 24.7 Å². The Morgan fingerprint density at radius 2 is 1.70 bits per heavy atom. The molecule has 0 saturated carbocycles. The summed E-state index contributed by atoms with van der Waals surface area (Å²) in [5, 5.41) is 5.76. The van der Waals surface area contributed by atoms with Crippen LogP contribution in [0, 0.1) is 5.82 Å². The largest absolute Gasteiger partial charge is 0.339 e. The highest BCUT2D eigenvalue weighted by Gasteiger charge is 2.51. The van der Waals surface area contributed by atoms with Gasteiger partial charge in [-0.25, -0.2) is 4.39 Å². The summed E-state index contributed by atoms with van der Waals surface area (Å²) in [4.78, 5) is 17.6. The Labute approximate surface area is 175 Å². The van der Waals surface area contributed by atoms with Crippen LogP contribution in [0.2, 0.25) is 0 Å². The second-order valence-electron chi connectivity index (χ2n) is 8.72. The van der Waals surface area contributed by atoms with Crippen molar-refractivity contribution in [1.82, 2.24) is 10.2 Å². The number of amides is 1. The van der Waals surface area contributed by atoms with Crippen molar-refractivity contribution in [3.8, 4) is 0 Å². The fourth-order valence-electron chi connectivity index (χ4n) is 5.79. The molecule has 152 valence electrons. The van der Waals surface area contributed by atoms with Crippen molar-refractivity contribution >= 4 is 22.4 Å². The maximum atomic E-state index is 13.4. The minimum absolute atomic E-state index is 0.100. The first kappa shape index (κ1) is 17.9. The third-order valence-electron chi connectivity index (χ3n) is 7.34. The molecule has 1 aliphatic carbocycles. The Balaban J connectivity index is 1.27. The van der Waals surface area contributed by atoms with E-state index in [1.807, 2.05) is 0 Å². The van der Waals surface area contributed by atoms with Gasteiger partial charge in [-0.15, -0.1) is 0 Å². The molecule has 4 nitrogen and oxygen atoms in total. The third kappa shape index (κ3) is 2.51. The van der Waals surface area contributed by atoms with Gasteiger partial charge in [0.25, 0.3) is 0 Å². The number of nitrogens with zero attached hydrogens (tertiary/aromatic N) is 2. The molecule has 2 aliphatic heterocycles. The van der Waals surface area contributed by atoms with Gasteiger partial charge in [0, 0.05) is 24.8 Å². The SMILES string of the molecule is O=C1NCN(c2ccc(F)cc2)C12CCN([C@H]1Cc3cccc4cccc1c34)CC2. The molecule has 3 aromatic carbocycles. The van der Waals surface area contributed by atoms with Gasteiger partial charge in [-0.05, 0) is 65.4 Å². The van der Waals surface area contributed by atoms with E-state index in [9.17, 15) is 9.18 Å². The van der Waals surface area contributed by atoms with Gasteiger partial charge in [-0.3, -0.25) is 9.69 Å². The van der Waals surface area contributed by atoms with Gasteiger partial charge in [-0.1, -0.05) is 36.4 Å². The molecule has 30 heavy (non-hydrogen) atoms. The monoisotopic (exact) mass is 401 g/mol. The Kier molecular flexibility index (Phi) is 3.90. The molecule has 1 N–H and O–H groups in total. The molecule has 3 aromatic rings. The van der Waals surface area contributed by atoms with Crippen molar-refractivity contribution in [3.05, 3.63) is 77.6 Å². The first-order valence-electron chi connectivity index (χ1n) is 10.7. The van der Waals surface area contributed by atoms with Crippen molar-refractivity contribution in [1.29, 1.82) is 0 Å². The molecule has 2 saturated heterocycles. The predicted molar refractivity (Wildman–Crippen MR) is 116 cm³/mol. The fraction of sp³-hybridized carbons (Fsp3) is 0.320. The molecule has 0 radical (unpaired) electrons. The van der Waals surface area contributed by atoms with Crippen LogP contribution in [-0.2, 0) is 11.2 Å². The highest BCUT2D eigenvalue weighted by Crippen LogP contribution is 2.43. The number of hydrogen-bond donors (Lipinski definition) is 1. The number of likely N-dealkylation sites (tertiary alicyclic amines) is 1. The summed E-state index contributed by atoms with van der Waals surface area (Å²) in [6, 6.07) is 20.1. The third-order valence-corrected chi connectivity index (χ3v) is 7.34. The van der Waals surface area contributed by atoms with Gasteiger partial charge in [0.2, 0.25) is 5.91 Å². The van der Waals surface area contributed by atoms with Crippen LogP contribution in [0.25, 0.3) is 10.8 Å². The van der Waals surface area contributed by atoms with Gasteiger partial charge < -0.3 is 10.2 Å². The second-order valence-corrected chi connectivity index (χ2v) is 8.72. The molecule has 2 fully saturated rings. The van der Waals surface area contributed by atoms with E-state index in [2.05, 4.69) is 51.5 Å². The minimum Gasteiger partial charge on any atom is -0.339 e. The van der Waals surface area contributed by atoms with E-state index in [0.29, 0.717) is 12.7 Å². The van der Waals surface area contributed by atoms with E-state index in [4.69, 9.17) is 0 Å². The fourth-order valence-corrected chi connectivity index (χ4v) is 5.79. The van der Waals surface area contributed by atoms with Crippen molar-refractivity contribution in [2.45, 2.75) is 30.8 Å². The van der Waals surface area contributed by atoms with E-state index < -0.39 is 5.54 Å². The number of nitrogens with one attached hydrogen (secondary N) is 1. The lowest BCUT2D eigenvalue weighted by Gasteiger charge is -2.45. The summed E-state index contributed by atoms with van der Waals surface area (Å²) in [7, 11) is 0. The van der Waals surface area contributed by atoms with Crippen molar-refractivity contribution in [2.24, 2.45) is 0 Å². The van der Waals surface area contributed by atoms with E-state index in [1.54, 1.807) is 12.1 Å². The quantitative estimate of drug-likeness (QED) is 0.705. The Morgan fingerprint density at radius 1 is 0.967 bits per heavy atom. The van der Waals surface area contributed by atoms with Crippen LogP contribution in [0.1, 0.15) is 30.0 Å². The summed E-state index contributed by atoms with van der Waals surface area (Å²) in [6.07, 6.45) is 2.59. The zero-order valence-corrected chi connectivity index (χ0v) is 16.8. The van der Waals surface area contributed by atoms with Crippen LogP contribution in [0.15, 0.2) is 60.7 Å². The lowest BCUT2D eigenvalue weighted by molar-refractivity contribution is -0.125. The van der Waals surface area contributed by atoms with Crippen LogP contribution < -0.4 is 10.2 Å². The molecular formula is C25H24FN3O. The number of hydrogen-bond acceptors (Lipinski definition) is 3. The first-order valence-corrected chi connectivity index (χ1v) is 10.7. The molecule has 1 atom stereocenters. The second kappa shape index (κ2) is 6.54. The van der Waals surface area contributed by atoms with Crippen LogP contribution >= 0.6 is 0 Å². The van der Waals surface area contributed by atoms with Gasteiger partial charge in [0.05, 0.1) is 6.67 Å². The van der Waals surface area contributed by atoms with Crippen LogP contribution in [-0.4, -0.2) is 36.1 Å². The molecule has 1 spiro atoms. The lowest BCUT2D eigenvalue weighted by atomic mass is 9.84. The molecule has 0 bridgehead atoms. The van der Waals surface area contributed by atoms with Gasteiger partial charge >= 0.3 is 0 Å². The summed E-state index contributed by atoms with van der Waals surface area (Å²) in [6.45, 7) is 2.24. The molecular weight excluding hydrogens is 377 g/mol. The summed E-state index contributed by atoms with van der Waals surface area (Å²) < 4.78 is 13.4. The zero-order chi connectivity index (χ0) is 20.3. The number of rotatable bonds is 2. The average Bonchev–Trinajstić information content (AvgIpc) is 3.30. The van der Waals surface area contributed by atoms with Gasteiger partial charge in [0.1, 0.15) is 11.4 Å². The molecule has 2 heterocycles. The predicted octanol–water partition coefficient (Wildman–Crippen LogP) is 4.00. The molecule has 0 unspecified atom stereocenters. The number of anilines is 1. The smallest absolute Gasteiger partial charge is 0.247 e. The van der Waals surface area contributed by atoms with Crippen LogP contribution in [0.5, 0.6) is 0 Å². The molecule has 6 rings (SSSR count). The van der Waals surface area contributed by atoms with Gasteiger partial charge in [0.15, 0.2) is 0 Å². The standard InChI is InChI=1S/C25H24FN3O/c26-19-7-9-20(10-8-19)29-16-27-24(30)25(29)11-13-28(14-12-25)22-15-18-5-1-3-17-4-2-6-21(22)23(17)18/h1-10,22H,11-16H2,(H,27,30)/t22-/m0/s1. The number of carbonyl (C=O) groups is 1. The summed E-state index contributed by atoms with van der Waals surface area (Å²) in [5.41, 5.74) is 3.22. The van der Waals surface area contributed by atoms with E-state index in [-0.39, 0.29) is 11.7 Å². The van der Waals surface area contributed by atoms with Crippen LogP contribution in [0.4, 0.5) is 10.1 Å². The summed E-state index contributed by atoms with van der Waals surface area (Å²) >= 11 is 0. The van der Waals surface area contributed by atoms with Crippen LogP contribution in [0.3, 0.4) is 0 Å². The highest BCUT2D eigenvalue weighted by molar-refractivity contribution is 5.94. The highest BCUT2D eigenvalue weighted by atomic mass is 19.1. The molecule has 5 heteroatoms. The van der Waals surface area contributed by atoms with Gasteiger partial charge in [-0.2, -0.15) is 0 Å². The summed E-state index contributed by atoms with van der Waals surface area (Å²) in [5.74, 6) is -0.153. The maximum Gasteiger partial charge on any atom is 0.247 e. The Bertz CT molecular complexity index is 1130. The maximum absolute atomic E-state index is 13.4. The number of carbonyl (C=O) groups excluding carboxylic acids is 1. The van der Waals surface area contributed by atoms with E-state index >= 15 is 0 Å². The number of piperidine rings is 1.